The molecule has 3 aromatic rings. The second-order valence-electron chi connectivity index (χ2n) is 7.48. The second kappa shape index (κ2) is 7.59. The predicted octanol–water partition coefficient (Wildman–Crippen LogP) is 3.85. The number of nitrogens with zero attached hydrogens (tertiary/aromatic N) is 7. The number of hydrogen-bond acceptors (Lipinski definition) is 5. The summed E-state index contributed by atoms with van der Waals surface area (Å²) in [5, 5.41) is 0. The summed E-state index contributed by atoms with van der Waals surface area (Å²) in [5.41, 5.74) is 2.14. The first kappa shape index (κ1) is 19.6. The number of likely N-dealkylation sites (N-methyl/N-ethyl adjacent to an activating group) is 1. The first-order valence-electron chi connectivity index (χ1n) is 9.90. The molecule has 1 aliphatic heterocycles. The van der Waals surface area contributed by atoms with Crippen LogP contribution >= 0.6 is 0 Å². The van der Waals surface area contributed by atoms with Gasteiger partial charge >= 0.3 is 0 Å². The molecule has 0 N–H and O–H groups in total. The number of carbonyl (C=O) groups is 1. The number of fused-ring (bicyclic) bond motifs is 1. The molecule has 1 atom stereocenters. The molecular formula is C22H23N7O. The van der Waals surface area contributed by atoms with Crippen molar-refractivity contribution in [3.63, 3.8) is 0 Å². The number of carbonyl (C=O) groups excluding carboxylic acids is 1. The molecule has 0 aliphatic carbocycles. The third-order valence-electron chi connectivity index (χ3n) is 5.35. The molecule has 4 rings (SSSR count). The van der Waals surface area contributed by atoms with Crippen LogP contribution in [0, 0.1) is 6.57 Å². The maximum Gasteiger partial charge on any atom is 0.249 e. The molecule has 8 heteroatoms. The zero-order valence-electron chi connectivity index (χ0n) is 17.4. The molecule has 8 nitrogen and oxygen atoms in total. The Bertz CT molecular complexity index is 1130. The van der Waals surface area contributed by atoms with Crippen LogP contribution < -0.4 is 9.80 Å². The van der Waals surface area contributed by atoms with E-state index in [-0.39, 0.29) is 18.0 Å². The lowest BCUT2D eigenvalue weighted by molar-refractivity contribution is -0.120. The van der Waals surface area contributed by atoms with E-state index in [1.54, 1.807) is 36.5 Å². The van der Waals surface area contributed by atoms with Gasteiger partial charge in [0.25, 0.3) is 0 Å². The lowest BCUT2D eigenvalue weighted by Crippen LogP contribution is -2.55. The third kappa shape index (κ3) is 3.08. The first-order chi connectivity index (χ1) is 14.5. The lowest BCUT2D eigenvalue weighted by Gasteiger charge is -2.42. The predicted molar refractivity (Wildman–Crippen MR) is 116 cm³/mol. The van der Waals surface area contributed by atoms with Gasteiger partial charge in [0.1, 0.15) is 17.6 Å². The second-order valence-corrected chi connectivity index (χ2v) is 7.48. The summed E-state index contributed by atoms with van der Waals surface area (Å²) in [6.07, 6.45) is 5.91. The normalized spacial score (nSPS) is 16.0. The van der Waals surface area contributed by atoms with Gasteiger partial charge < -0.3 is 9.80 Å². The van der Waals surface area contributed by atoms with Crippen LogP contribution in [0.2, 0.25) is 0 Å². The van der Waals surface area contributed by atoms with E-state index in [9.17, 15) is 4.79 Å². The summed E-state index contributed by atoms with van der Waals surface area (Å²) in [4.78, 5) is 33.8. The van der Waals surface area contributed by atoms with Gasteiger partial charge in [-0.15, -0.1) is 0 Å². The van der Waals surface area contributed by atoms with Crippen molar-refractivity contribution >= 4 is 23.1 Å². The molecule has 0 unspecified atom stereocenters. The SMILES string of the molecule is [C-]#[N+]c1ccc(-c2nccn2-c2ncc3c(n2)N(C(C)C)[C@H](CC)C(=O)N3C)cc1. The average Bonchev–Trinajstić information content (AvgIpc) is 3.25. The van der Waals surface area contributed by atoms with Gasteiger partial charge in [-0.3, -0.25) is 9.36 Å². The fraction of sp³-hybridized carbons (Fsp3) is 0.318. The number of hydrogen-bond donors (Lipinski definition) is 0. The fourth-order valence-corrected chi connectivity index (χ4v) is 3.85. The van der Waals surface area contributed by atoms with Crippen LogP contribution in [-0.2, 0) is 4.79 Å². The zero-order valence-corrected chi connectivity index (χ0v) is 17.4. The van der Waals surface area contributed by atoms with Gasteiger partial charge in [0, 0.05) is 31.0 Å². The Hall–Kier alpha value is -3.73. The van der Waals surface area contributed by atoms with Crippen LogP contribution in [0.25, 0.3) is 22.2 Å². The van der Waals surface area contributed by atoms with Crippen molar-refractivity contribution in [1.82, 2.24) is 19.5 Å². The highest BCUT2D eigenvalue weighted by Crippen LogP contribution is 2.36. The Morgan fingerprint density at radius 2 is 1.93 bits per heavy atom. The van der Waals surface area contributed by atoms with Gasteiger partial charge in [-0.1, -0.05) is 31.2 Å². The minimum Gasteiger partial charge on any atom is -0.340 e. The molecule has 0 spiro atoms. The molecule has 1 aliphatic rings. The topological polar surface area (TPSA) is 71.5 Å². The summed E-state index contributed by atoms with van der Waals surface area (Å²) < 4.78 is 1.82. The van der Waals surface area contributed by atoms with Gasteiger partial charge in [-0.2, -0.15) is 4.98 Å². The van der Waals surface area contributed by atoms with Gasteiger partial charge in [-0.25, -0.2) is 14.8 Å². The molecule has 1 amide bonds. The highest BCUT2D eigenvalue weighted by molar-refractivity contribution is 6.04. The Balaban J connectivity index is 1.82. The number of amides is 1. The molecule has 0 saturated heterocycles. The standard InChI is InChI=1S/C22H23N7O/c1-6-17-21(30)27(5)18-13-25-22(26-20(18)29(17)14(2)3)28-12-11-24-19(28)15-7-9-16(23-4)10-8-15/h7-14,17H,6H2,1-3,5H3/t17-/m1/s1. The first-order valence-corrected chi connectivity index (χ1v) is 9.90. The number of rotatable bonds is 4. The van der Waals surface area contributed by atoms with Gasteiger partial charge in [0.2, 0.25) is 11.9 Å². The van der Waals surface area contributed by atoms with Gasteiger partial charge in [-0.05, 0) is 20.3 Å². The van der Waals surface area contributed by atoms with Crippen LogP contribution in [0.15, 0.2) is 42.9 Å². The van der Waals surface area contributed by atoms with Gasteiger partial charge in [0.05, 0.1) is 12.8 Å². The molecule has 152 valence electrons. The quantitative estimate of drug-likeness (QED) is 0.621. The molecule has 0 bridgehead atoms. The van der Waals surface area contributed by atoms with E-state index in [1.165, 1.54) is 0 Å². The summed E-state index contributed by atoms with van der Waals surface area (Å²) in [6.45, 7) is 13.3. The van der Waals surface area contributed by atoms with Gasteiger partial charge in [0.15, 0.2) is 11.5 Å². The summed E-state index contributed by atoms with van der Waals surface area (Å²) >= 11 is 0. The molecule has 0 saturated carbocycles. The van der Waals surface area contributed by atoms with E-state index in [2.05, 4.69) is 33.6 Å². The molecule has 0 fully saturated rings. The maximum absolute atomic E-state index is 12.8. The fourth-order valence-electron chi connectivity index (χ4n) is 3.85. The van der Waals surface area contributed by atoms with Crippen LogP contribution in [0.3, 0.4) is 0 Å². The van der Waals surface area contributed by atoms with E-state index in [1.807, 2.05) is 29.8 Å². The summed E-state index contributed by atoms with van der Waals surface area (Å²) in [6, 6.07) is 7.12. The molecular weight excluding hydrogens is 378 g/mol. The van der Waals surface area contributed by atoms with Crippen molar-refractivity contribution in [2.75, 3.05) is 16.8 Å². The maximum atomic E-state index is 12.8. The lowest BCUT2D eigenvalue weighted by atomic mass is 10.1. The van der Waals surface area contributed by atoms with Crippen LogP contribution in [0.1, 0.15) is 27.2 Å². The van der Waals surface area contributed by atoms with E-state index in [0.717, 1.165) is 11.4 Å². The minimum atomic E-state index is -0.256. The molecule has 1 aromatic carbocycles. The third-order valence-corrected chi connectivity index (χ3v) is 5.35. The number of anilines is 2. The molecule has 3 heterocycles. The monoisotopic (exact) mass is 401 g/mol. The number of imidazole rings is 1. The Labute approximate surface area is 175 Å². The van der Waals surface area contributed by atoms with E-state index >= 15 is 0 Å². The van der Waals surface area contributed by atoms with Crippen LogP contribution in [-0.4, -0.2) is 44.6 Å². The molecule has 0 radical (unpaired) electrons. The largest absolute Gasteiger partial charge is 0.340 e. The van der Waals surface area contributed by atoms with Crippen molar-refractivity contribution in [2.24, 2.45) is 0 Å². The van der Waals surface area contributed by atoms with Crippen molar-refractivity contribution in [3.8, 4) is 17.3 Å². The number of aromatic nitrogens is 4. The smallest absolute Gasteiger partial charge is 0.249 e. The molecule has 2 aromatic heterocycles. The summed E-state index contributed by atoms with van der Waals surface area (Å²) in [5.74, 6) is 1.97. The van der Waals surface area contributed by atoms with Crippen molar-refractivity contribution < 1.29 is 4.79 Å². The van der Waals surface area contributed by atoms with E-state index in [4.69, 9.17) is 11.6 Å². The Morgan fingerprint density at radius 1 is 1.20 bits per heavy atom. The van der Waals surface area contributed by atoms with E-state index < -0.39 is 0 Å². The number of benzene rings is 1. The van der Waals surface area contributed by atoms with Crippen LogP contribution in [0.4, 0.5) is 17.2 Å². The Kier molecular flexibility index (Phi) is 4.96. The Morgan fingerprint density at radius 3 is 2.57 bits per heavy atom. The zero-order chi connectivity index (χ0) is 21.4. The summed E-state index contributed by atoms with van der Waals surface area (Å²) in [7, 11) is 1.77. The van der Waals surface area contributed by atoms with Crippen molar-refractivity contribution in [3.05, 3.63) is 54.3 Å². The highest BCUT2D eigenvalue weighted by Gasteiger charge is 2.38. The average molecular weight is 401 g/mol. The van der Waals surface area contributed by atoms with Crippen molar-refractivity contribution in [2.45, 2.75) is 39.3 Å². The minimum absolute atomic E-state index is 0.0540. The van der Waals surface area contributed by atoms with Crippen molar-refractivity contribution in [1.29, 1.82) is 0 Å². The van der Waals surface area contributed by atoms with E-state index in [0.29, 0.717) is 29.6 Å². The van der Waals surface area contributed by atoms with Crippen LogP contribution in [0.5, 0.6) is 0 Å². The highest BCUT2D eigenvalue weighted by atomic mass is 16.2. The molecule has 30 heavy (non-hydrogen) atoms.